The molecule has 3 N–H and O–H groups in total. The van der Waals surface area contributed by atoms with Crippen molar-refractivity contribution in [1.82, 2.24) is 5.01 Å². The average Bonchev–Trinajstić information content (AvgIpc) is 1.84. The molecule has 0 unspecified atom stereocenters. The molecule has 6 nitrogen and oxygen atoms in total. The fourth-order valence-corrected chi connectivity index (χ4v) is 0.337. The van der Waals surface area contributed by atoms with Crippen molar-refractivity contribution in [2.75, 3.05) is 0 Å². The second-order valence-corrected chi connectivity index (χ2v) is 2.09. The minimum Gasteiger partial charge on any atom is -0.464 e. The fourth-order valence-electron chi connectivity index (χ4n) is 0.337. The molecule has 0 rings (SSSR count). The molecule has 0 saturated heterocycles. The summed E-state index contributed by atoms with van der Waals surface area (Å²) in [6.45, 7) is 3.18. The van der Waals surface area contributed by atoms with E-state index in [-0.39, 0.29) is 11.1 Å². The molecule has 64 valence electrons. The molecule has 0 radical (unpaired) electrons. The van der Waals surface area contributed by atoms with Crippen LogP contribution in [0.25, 0.3) is 0 Å². The maximum atomic E-state index is 10.6. The number of hydrogen-bond donors (Lipinski definition) is 2. The number of carbonyl (C=O) groups excluding carboxylic acids is 1. The average molecular weight is 162 g/mol. The van der Waals surface area contributed by atoms with Crippen LogP contribution in [0.1, 0.15) is 13.8 Å². The molecule has 0 saturated carbocycles. The lowest BCUT2D eigenvalue weighted by Gasteiger charge is -2.12. The number of rotatable bonds is 1. The zero-order chi connectivity index (χ0) is 9.02. The van der Waals surface area contributed by atoms with Gasteiger partial charge in [-0.15, -0.1) is 5.01 Å². The van der Waals surface area contributed by atoms with Gasteiger partial charge < -0.3 is 9.84 Å². The second-order valence-electron chi connectivity index (χ2n) is 2.09. The van der Waals surface area contributed by atoms with Crippen LogP contribution in [-0.4, -0.2) is 28.4 Å². The van der Waals surface area contributed by atoms with Crippen molar-refractivity contribution >= 4 is 12.2 Å². The number of amides is 2. The van der Waals surface area contributed by atoms with E-state index in [4.69, 9.17) is 10.9 Å². The molecule has 0 aromatic carbocycles. The van der Waals surface area contributed by atoms with Crippen LogP contribution < -0.4 is 5.84 Å². The topological polar surface area (TPSA) is 92.9 Å². The molecule has 11 heavy (non-hydrogen) atoms. The van der Waals surface area contributed by atoms with Crippen LogP contribution in [-0.2, 0) is 4.74 Å². The van der Waals surface area contributed by atoms with E-state index in [0.29, 0.717) is 0 Å². The summed E-state index contributed by atoms with van der Waals surface area (Å²) in [6.07, 6.45) is -3.00. The fraction of sp³-hybridized carbons (Fsp3) is 0.600. The Bertz CT molecular complexity index is 168. The summed E-state index contributed by atoms with van der Waals surface area (Å²) >= 11 is 0. The summed E-state index contributed by atoms with van der Waals surface area (Å²) in [5, 5.41) is 8.15. The second kappa shape index (κ2) is 3.77. The molecule has 2 amide bonds. The van der Waals surface area contributed by atoms with Crippen LogP contribution >= 0.6 is 0 Å². The summed E-state index contributed by atoms with van der Waals surface area (Å²) < 4.78 is 4.45. The predicted octanol–water partition coefficient (Wildman–Crippen LogP) is 0.385. The van der Waals surface area contributed by atoms with Crippen LogP contribution in [0.4, 0.5) is 9.59 Å². The Morgan fingerprint density at radius 1 is 1.55 bits per heavy atom. The van der Waals surface area contributed by atoms with Gasteiger partial charge in [0.25, 0.3) is 0 Å². The first-order valence-electron chi connectivity index (χ1n) is 2.93. The molecule has 0 spiro atoms. The number of carbonyl (C=O) groups is 2. The predicted molar refractivity (Wildman–Crippen MR) is 35.7 cm³/mol. The van der Waals surface area contributed by atoms with E-state index in [1.807, 2.05) is 0 Å². The Balaban J connectivity index is 3.93. The van der Waals surface area contributed by atoms with E-state index >= 15 is 0 Å². The summed E-state index contributed by atoms with van der Waals surface area (Å²) in [5.74, 6) is 4.77. The van der Waals surface area contributed by atoms with E-state index in [9.17, 15) is 9.59 Å². The third-order valence-corrected chi connectivity index (χ3v) is 0.739. The van der Waals surface area contributed by atoms with Gasteiger partial charge in [0.15, 0.2) is 0 Å². The molecule has 0 aliphatic heterocycles. The summed E-state index contributed by atoms with van der Waals surface area (Å²) in [6, 6.07) is 0. The largest absolute Gasteiger partial charge is 0.464 e. The van der Waals surface area contributed by atoms with Gasteiger partial charge in [0.05, 0.1) is 6.10 Å². The maximum Gasteiger partial charge on any atom is 0.434 e. The molecule has 0 fully saturated rings. The highest BCUT2D eigenvalue weighted by molar-refractivity contribution is 5.85. The van der Waals surface area contributed by atoms with Gasteiger partial charge in [-0.2, -0.15) is 0 Å². The van der Waals surface area contributed by atoms with Gasteiger partial charge in [-0.05, 0) is 13.8 Å². The van der Waals surface area contributed by atoms with E-state index in [0.717, 1.165) is 0 Å². The number of carboxylic acid groups (broad SMARTS) is 1. The van der Waals surface area contributed by atoms with Crippen LogP contribution in [0, 0.1) is 0 Å². The molecule has 0 bridgehead atoms. The van der Waals surface area contributed by atoms with E-state index in [2.05, 4.69) is 4.74 Å². The highest BCUT2D eigenvalue weighted by Gasteiger charge is 2.18. The minimum atomic E-state index is -1.55. The Labute approximate surface area is 63.5 Å². The van der Waals surface area contributed by atoms with Crippen molar-refractivity contribution in [2.24, 2.45) is 5.84 Å². The molecular weight excluding hydrogens is 152 g/mol. The highest BCUT2D eigenvalue weighted by Crippen LogP contribution is 1.93. The molecule has 6 heteroatoms. The Kier molecular flexibility index (Phi) is 3.32. The van der Waals surface area contributed by atoms with Gasteiger partial charge in [-0.1, -0.05) is 0 Å². The smallest absolute Gasteiger partial charge is 0.434 e. The standard InChI is InChI=1S/C5H10N2O4/c1-3(2)11-5(10)7(6)4(8)9/h3H,6H2,1-2H3,(H,8,9). The summed E-state index contributed by atoms with van der Waals surface area (Å²) in [5.41, 5.74) is 0. The van der Waals surface area contributed by atoms with E-state index in [1.54, 1.807) is 13.8 Å². The molecule has 0 atom stereocenters. The van der Waals surface area contributed by atoms with Gasteiger partial charge >= 0.3 is 12.2 Å². The molecule has 0 aliphatic carbocycles. The minimum absolute atomic E-state index is 0.0139. The highest BCUT2D eigenvalue weighted by atomic mass is 16.6. The van der Waals surface area contributed by atoms with Crippen molar-refractivity contribution in [3.05, 3.63) is 0 Å². The number of nitrogens with zero attached hydrogens (tertiary/aromatic N) is 1. The monoisotopic (exact) mass is 162 g/mol. The van der Waals surface area contributed by atoms with Gasteiger partial charge in [-0.3, -0.25) is 0 Å². The van der Waals surface area contributed by atoms with Crippen molar-refractivity contribution in [3.63, 3.8) is 0 Å². The number of hydrazine groups is 1. The molecular formula is C5H10N2O4. The zero-order valence-corrected chi connectivity index (χ0v) is 6.27. The van der Waals surface area contributed by atoms with Crippen molar-refractivity contribution in [3.8, 4) is 0 Å². The SMILES string of the molecule is CC(C)OC(=O)N(N)C(=O)O. The Morgan fingerprint density at radius 2 is 2.00 bits per heavy atom. The van der Waals surface area contributed by atoms with Gasteiger partial charge in [-0.25, -0.2) is 15.4 Å². The number of ether oxygens (including phenoxy) is 1. The lowest BCUT2D eigenvalue weighted by atomic mass is 10.5. The van der Waals surface area contributed by atoms with Crippen LogP contribution in [0.5, 0.6) is 0 Å². The maximum absolute atomic E-state index is 10.6. The summed E-state index contributed by atoms with van der Waals surface area (Å²) in [4.78, 5) is 20.6. The quantitative estimate of drug-likeness (QED) is 0.330. The zero-order valence-electron chi connectivity index (χ0n) is 6.27. The van der Waals surface area contributed by atoms with Crippen molar-refractivity contribution in [1.29, 1.82) is 0 Å². The first kappa shape index (κ1) is 9.70. The summed E-state index contributed by atoms with van der Waals surface area (Å²) in [7, 11) is 0. The molecule has 0 aromatic heterocycles. The van der Waals surface area contributed by atoms with Crippen LogP contribution in [0.15, 0.2) is 0 Å². The third kappa shape index (κ3) is 3.41. The first-order valence-corrected chi connectivity index (χ1v) is 2.93. The number of imide groups is 1. The molecule has 0 aliphatic rings. The lowest BCUT2D eigenvalue weighted by molar-refractivity contribution is 0.0740. The Hall–Kier alpha value is -1.30. The van der Waals surface area contributed by atoms with Crippen LogP contribution in [0.3, 0.4) is 0 Å². The number of hydrogen-bond acceptors (Lipinski definition) is 4. The first-order chi connectivity index (χ1) is 4.95. The van der Waals surface area contributed by atoms with E-state index < -0.39 is 12.2 Å². The Morgan fingerprint density at radius 3 is 2.27 bits per heavy atom. The van der Waals surface area contributed by atoms with Gasteiger partial charge in [0, 0.05) is 0 Å². The lowest BCUT2D eigenvalue weighted by Crippen LogP contribution is -2.42. The molecule has 0 heterocycles. The van der Waals surface area contributed by atoms with Crippen molar-refractivity contribution < 1.29 is 19.4 Å². The van der Waals surface area contributed by atoms with Crippen LogP contribution in [0.2, 0.25) is 0 Å². The molecule has 0 aromatic rings. The van der Waals surface area contributed by atoms with E-state index in [1.165, 1.54) is 0 Å². The van der Waals surface area contributed by atoms with Crippen molar-refractivity contribution in [2.45, 2.75) is 20.0 Å². The number of nitrogens with two attached hydrogens (primary N) is 1. The van der Waals surface area contributed by atoms with Gasteiger partial charge in [0.1, 0.15) is 0 Å². The van der Waals surface area contributed by atoms with Gasteiger partial charge in [0.2, 0.25) is 0 Å². The normalized spacial score (nSPS) is 9.45. The third-order valence-electron chi connectivity index (χ3n) is 0.739.